The second-order valence-corrected chi connectivity index (χ2v) is 8.05. The summed E-state index contributed by atoms with van der Waals surface area (Å²) in [5.41, 5.74) is 7.54. The molecule has 1 aromatic carbocycles. The van der Waals surface area contributed by atoms with E-state index in [1.807, 2.05) is 12.1 Å². The molecule has 2 aliphatic rings. The minimum atomic E-state index is 0.419. The van der Waals surface area contributed by atoms with Crippen LogP contribution in [0.1, 0.15) is 13.8 Å². The molecule has 0 radical (unpaired) electrons. The van der Waals surface area contributed by atoms with Crippen molar-refractivity contribution in [3.8, 4) is 0 Å². The molecule has 1 aromatic rings. The summed E-state index contributed by atoms with van der Waals surface area (Å²) >= 11 is 5.98. The molecule has 0 aromatic heterocycles. The Morgan fingerprint density at radius 1 is 1.07 bits per heavy atom. The summed E-state index contributed by atoms with van der Waals surface area (Å²) in [6.45, 7) is 12.5. The third-order valence-corrected chi connectivity index (χ3v) is 5.77. The molecule has 2 heterocycles. The van der Waals surface area contributed by atoms with Gasteiger partial charge in [0.05, 0.1) is 19.8 Å². The molecule has 7 heteroatoms. The first-order chi connectivity index (χ1) is 13.0. The summed E-state index contributed by atoms with van der Waals surface area (Å²) in [7, 11) is 0. The van der Waals surface area contributed by atoms with Crippen LogP contribution < -0.4 is 10.6 Å². The average Bonchev–Trinajstić information content (AvgIpc) is 2.69. The summed E-state index contributed by atoms with van der Waals surface area (Å²) in [6.07, 6.45) is 0. The first-order valence-electron chi connectivity index (χ1n) is 9.92. The van der Waals surface area contributed by atoms with Crippen LogP contribution >= 0.6 is 11.6 Å². The summed E-state index contributed by atoms with van der Waals surface area (Å²) < 4.78 is 5.48. The summed E-state index contributed by atoms with van der Waals surface area (Å²) in [5.74, 6) is 1.21. The molecule has 0 bridgehead atoms. The molecule has 0 spiro atoms. The van der Waals surface area contributed by atoms with E-state index in [1.54, 1.807) is 0 Å². The lowest BCUT2D eigenvalue weighted by molar-refractivity contribution is 0.00864. The number of hydrogen-bond acceptors (Lipinski definition) is 4. The standard InChI is InChI=1S/C20H32ClN5O/c1-16(2)19(25-11-13-27-14-12-25)15-23-20(22)26-9-7-24(8-10-26)18-5-3-17(21)4-6-18/h3-6,16,19H,7-15H2,1-2H3,(H2,22,23). The first kappa shape index (κ1) is 20.2. The summed E-state index contributed by atoms with van der Waals surface area (Å²) in [4.78, 5) is 11.8. The highest BCUT2D eigenvalue weighted by Gasteiger charge is 2.24. The number of nitrogens with zero attached hydrogens (tertiary/aromatic N) is 4. The number of hydrogen-bond donors (Lipinski definition) is 1. The molecule has 0 amide bonds. The number of guanidine groups is 1. The number of ether oxygens (including phenoxy) is 1. The predicted molar refractivity (Wildman–Crippen MR) is 113 cm³/mol. The molecule has 2 fully saturated rings. The third kappa shape index (κ3) is 5.50. The molecule has 2 aliphatic heterocycles. The fraction of sp³-hybridized carbons (Fsp3) is 0.650. The van der Waals surface area contributed by atoms with Crippen LogP contribution in [0.2, 0.25) is 5.02 Å². The Morgan fingerprint density at radius 2 is 1.70 bits per heavy atom. The van der Waals surface area contributed by atoms with Crippen molar-refractivity contribution in [1.29, 1.82) is 0 Å². The van der Waals surface area contributed by atoms with E-state index in [1.165, 1.54) is 5.69 Å². The molecule has 6 nitrogen and oxygen atoms in total. The molecular formula is C20H32ClN5O. The molecule has 2 N–H and O–H groups in total. The van der Waals surface area contributed by atoms with Crippen LogP contribution in [0.5, 0.6) is 0 Å². The maximum Gasteiger partial charge on any atom is 0.191 e. The number of anilines is 1. The molecular weight excluding hydrogens is 362 g/mol. The van der Waals surface area contributed by atoms with Crippen LogP contribution in [0.25, 0.3) is 0 Å². The van der Waals surface area contributed by atoms with Crippen molar-refractivity contribution in [3.05, 3.63) is 29.3 Å². The summed E-state index contributed by atoms with van der Waals surface area (Å²) in [6, 6.07) is 8.45. The Bertz CT molecular complexity index is 607. The number of nitrogens with two attached hydrogens (primary N) is 1. The number of morpholine rings is 1. The van der Waals surface area contributed by atoms with E-state index in [4.69, 9.17) is 27.1 Å². The number of piperazine rings is 1. The van der Waals surface area contributed by atoms with Crippen LogP contribution in [-0.4, -0.2) is 80.8 Å². The number of halogens is 1. The van der Waals surface area contributed by atoms with Crippen molar-refractivity contribution in [1.82, 2.24) is 9.80 Å². The first-order valence-corrected chi connectivity index (χ1v) is 10.3. The number of benzene rings is 1. The fourth-order valence-corrected chi connectivity index (χ4v) is 3.92. The molecule has 0 aliphatic carbocycles. The van der Waals surface area contributed by atoms with Crippen molar-refractivity contribution in [3.63, 3.8) is 0 Å². The predicted octanol–water partition coefficient (Wildman–Crippen LogP) is 2.13. The van der Waals surface area contributed by atoms with Gasteiger partial charge in [-0.2, -0.15) is 0 Å². The van der Waals surface area contributed by atoms with Gasteiger partial charge in [0.1, 0.15) is 0 Å². The van der Waals surface area contributed by atoms with Gasteiger partial charge in [0, 0.05) is 56.0 Å². The second-order valence-electron chi connectivity index (χ2n) is 7.61. The molecule has 2 saturated heterocycles. The fourth-order valence-electron chi connectivity index (χ4n) is 3.79. The SMILES string of the molecule is CC(C)C(CN=C(N)N1CCN(c2ccc(Cl)cc2)CC1)N1CCOCC1. The molecule has 1 unspecified atom stereocenters. The molecule has 27 heavy (non-hydrogen) atoms. The van der Waals surface area contributed by atoms with Crippen LogP contribution in [0.4, 0.5) is 5.69 Å². The lowest BCUT2D eigenvalue weighted by atomic mass is 10.0. The maximum atomic E-state index is 6.33. The zero-order valence-corrected chi connectivity index (χ0v) is 17.2. The van der Waals surface area contributed by atoms with E-state index >= 15 is 0 Å². The summed E-state index contributed by atoms with van der Waals surface area (Å²) in [5, 5.41) is 0.772. The van der Waals surface area contributed by atoms with Crippen molar-refractivity contribution in [2.75, 3.05) is 63.9 Å². The van der Waals surface area contributed by atoms with Crippen LogP contribution in [0.15, 0.2) is 29.3 Å². The highest BCUT2D eigenvalue weighted by molar-refractivity contribution is 6.30. The molecule has 150 valence electrons. The van der Waals surface area contributed by atoms with Gasteiger partial charge in [0.25, 0.3) is 0 Å². The Morgan fingerprint density at radius 3 is 2.30 bits per heavy atom. The molecule has 3 rings (SSSR count). The van der Waals surface area contributed by atoms with Crippen LogP contribution in [0.3, 0.4) is 0 Å². The zero-order chi connectivity index (χ0) is 19.2. The average molecular weight is 394 g/mol. The van der Waals surface area contributed by atoms with E-state index in [-0.39, 0.29) is 0 Å². The van der Waals surface area contributed by atoms with Crippen molar-refractivity contribution in [2.45, 2.75) is 19.9 Å². The van der Waals surface area contributed by atoms with Crippen LogP contribution in [0, 0.1) is 5.92 Å². The van der Waals surface area contributed by atoms with Gasteiger partial charge in [-0.1, -0.05) is 25.4 Å². The Hall–Kier alpha value is -1.50. The Balaban J connectivity index is 1.52. The van der Waals surface area contributed by atoms with Crippen molar-refractivity contribution < 1.29 is 4.74 Å². The maximum absolute atomic E-state index is 6.33. The second kappa shape index (κ2) is 9.62. The number of aliphatic imine (C=N–C) groups is 1. The van der Waals surface area contributed by atoms with Crippen LogP contribution in [-0.2, 0) is 4.74 Å². The monoisotopic (exact) mass is 393 g/mol. The lowest BCUT2D eigenvalue weighted by Gasteiger charge is -2.38. The van der Waals surface area contributed by atoms with Gasteiger partial charge in [-0.25, -0.2) is 0 Å². The minimum Gasteiger partial charge on any atom is -0.379 e. The van der Waals surface area contributed by atoms with Gasteiger partial charge in [0.2, 0.25) is 0 Å². The van der Waals surface area contributed by atoms with Gasteiger partial charge in [0.15, 0.2) is 5.96 Å². The zero-order valence-electron chi connectivity index (χ0n) is 16.5. The van der Waals surface area contributed by atoms with Gasteiger partial charge in [-0.3, -0.25) is 9.89 Å². The third-order valence-electron chi connectivity index (χ3n) is 5.52. The Kier molecular flexibility index (Phi) is 7.21. The van der Waals surface area contributed by atoms with Gasteiger partial charge < -0.3 is 20.3 Å². The van der Waals surface area contributed by atoms with Crippen molar-refractivity contribution in [2.24, 2.45) is 16.6 Å². The molecule has 0 saturated carbocycles. The van der Waals surface area contributed by atoms with E-state index in [0.29, 0.717) is 17.9 Å². The largest absolute Gasteiger partial charge is 0.379 e. The molecule has 1 atom stereocenters. The smallest absolute Gasteiger partial charge is 0.191 e. The lowest BCUT2D eigenvalue weighted by Crippen LogP contribution is -2.52. The highest BCUT2D eigenvalue weighted by atomic mass is 35.5. The van der Waals surface area contributed by atoms with Gasteiger partial charge in [-0.15, -0.1) is 0 Å². The van der Waals surface area contributed by atoms with Crippen molar-refractivity contribution >= 4 is 23.2 Å². The Labute approximate surface area is 167 Å². The van der Waals surface area contributed by atoms with E-state index in [9.17, 15) is 0 Å². The van der Waals surface area contributed by atoms with Gasteiger partial charge in [-0.05, 0) is 30.2 Å². The van der Waals surface area contributed by atoms with E-state index in [2.05, 4.69) is 40.7 Å². The topological polar surface area (TPSA) is 57.3 Å². The van der Waals surface area contributed by atoms with E-state index < -0.39 is 0 Å². The van der Waals surface area contributed by atoms with Gasteiger partial charge >= 0.3 is 0 Å². The quantitative estimate of drug-likeness (QED) is 0.613. The minimum absolute atomic E-state index is 0.419. The highest BCUT2D eigenvalue weighted by Crippen LogP contribution is 2.19. The number of rotatable bonds is 5. The normalized spacial score (nSPS) is 21.0. The van der Waals surface area contributed by atoms with E-state index in [0.717, 1.165) is 64.0 Å².